The van der Waals surface area contributed by atoms with Crippen LogP contribution in [-0.4, -0.2) is 22.2 Å². The van der Waals surface area contributed by atoms with Gasteiger partial charge in [0.1, 0.15) is 23.9 Å². The van der Waals surface area contributed by atoms with Crippen molar-refractivity contribution in [1.29, 1.82) is 0 Å². The van der Waals surface area contributed by atoms with E-state index in [-0.39, 0.29) is 0 Å². The predicted octanol–water partition coefficient (Wildman–Crippen LogP) is 2.33. The van der Waals surface area contributed by atoms with Gasteiger partial charge in [-0.05, 0) is 6.07 Å². The number of nitrogens with zero attached hydrogens (tertiary/aromatic N) is 3. The Balaban J connectivity index is 2.27. The lowest BCUT2D eigenvalue weighted by Crippen LogP contribution is -1.98. The summed E-state index contributed by atoms with van der Waals surface area (Å²) in [4.78, 5) is 4.13. The molecule has 1 N–H and O–H groups in total. The highest BCUT2D eigenvalue weighted by molar-refractivity contribution is 5.95. The largest absolute Gasteiger partial charge is 0.464 e. The van der Waals surface area contributed by atoms with E-state index in [1.54, 1.807) is 13.3 Å². The topological polar surface area (TPSA) is 63.8 Å². The Morgan fingerprint density at radius 1 is 1.24 bits per heavy atom. The summed E-state index contributed by atoms with van der Waals surface area (Å²) < 4.78 is 5.48. The fourth-order valence-electron chi connectivity index (χ4n) is 1.80. The molecule has 0 spiro atoms. The average molecular weight is 226 g/mol. The van der Waals surface area contributed by atoms with E-state index < -0.39 is 0 Å². The van der Waals surface area contributed by atoms with Gasteiger partial charge in [0.2, 0.25) is 0 Å². The molecule has 0 atom stereocenters. The molecule has 0 saturated carbocycles. The number of furan rings is 1. The number of para-hydroxylation sites is 1. The molecule has 5 heteroatoms. The number of aromatic nitrogens is 3. The fourth-order valence-corrected chi connectivity index (χ4v) is 1.80. The normalized spacial score (nSPS) is 10.6. The van der Waals surface area contributed by atoms with Crippen LogP contribution in [0, 0.1) is 0 Å². The third-order valence-corrected chi connectivity index (χ3v) is 2.59. The van der Waals surface area contributed by atoms with Crippen molar-refractivity contribution in [2.75, 3.05) is 12.4 Å². The van der Waals surface area contributed by atoms with Crippen LogP contribution in [0.2, 0.25) is 0 Å². The highest BCUT2D eigenvalue weighted by Crippen LogP contribution is 2.31. The number of fused-ring (bicyclic) bond motifs is 1. The van der Waals surface area contributed by atoms with Gasteiger partial charge in [-0.15, -0.1) is 10.2 Å². The molecule has 17 heavy (non-hydrogen) atoms. The molecule has 0 radical (unpaired) electrons. The minimum absolute atomic E-state index is 0.687. The summed E-state index contributed by atoms with van der Waals surface area (Å²) in [5, 5.41) is 11.9. The van der Waals surface area contributed by atoms with Crippen LogP contribution in [0.15, 0.2) is 41.3 Å². The van der Waals surface area contributed by atoms with Crippen molar-refractivity contribution in [2.45, 2.75) is 0 Å². The van der Waals surface area contributed by atoms with Crippen molar-refractivity contribution < 1.29 is 4.42 Å². The number of nitrogens with one attached hydrogen (secondary N) is 1. The maximum Gasteiger partial charge on any atom is 0.156 e. The molecule has 0 amide bonds. The van der Waals surface area contributed by atoms with Crippen molar-refractivity contribution in [3.8, 4) is 11.3 Å². The highest BCUT2D eigenvalue weighted by Gasteiger charge is 2.13. The van der Waals surface area contributed by atoms with Crippen LogP contribution in [0.25, 0.3) is 22.2 Å². The zero-order chi connectivity index (χ0) is 11.7. The van der Waals surface area contributed by atoms with Gasteiger partial charge in [0.15, 0.2) is 5.82 Å². The summed E-state index contributed by atoms with van der Waals surface area (Å²) in [7, 11) is 1.80. The van der Waals surface area contributed by atoms with Gasteiger partial charge in [-0.2, -0.15) is 0 Å². The second-order valence-corrected chi connectivity index (χ2v) is 3.55. The van der Waals surface area contributed by atoms with E-state index in [4.69, 9.17) is 4.42 Å². The maximum atomic E-state index is 5.48. The van der Waals surface area contributed by atoms with Gasteiger partial charge in [-0.1, -0.05) is 18.2 Å². The Kier molecular flexibility index (Phi) is 2.22. The van der Waals surface area contributed by atoms with Crippen LogP contribution < -0.4 is 5.32 Å². The van der Waals surface area contributed by atoms with Crippen molar-refractivity contribution in [1.82, 2.24) is 15.2 Å². The summed E-state index contributed by atoms with van der Waals surface area (Å²) in [5.41, 5.74) is 2.42. The predicted molar refractivity (Wildman–Crippen MR) is 64.6 cm³/mol. The fraction of sp³-hybridized carbons (Fsp3) is 0.0833. The molecule has 84 valence electrons. The van der Waals surface area contributed by atoms with Crippen molar-refractivity contribution in [3.63, 3.8) is 0 Å². The Hall–Kier alpha value is -2.43. The van der Waals surface area contributed by atoms with Crippen molar-refractivity contribution in [2.24, 2.45) is 0 Å². The minimum Gasteiger partial charge on any atom is -0.464 e. The summed E-state index contributed by atoms with van der Waals surface area (Å²) in [6.45, 7) is 0. The Morgan fingerprint density at radius 3 is 3.00 bits per heavy atom. The van der Waals surface area contributed by atoms with Crippen molar-refractivity contribution >= 4 is 16.8 Å². The van der Waals surface area contributed by atoms with Crippen LogP contribution in [-0.2, 0) is 0 Å². The van der Waals surface area contributed by atoms with E-state index >= 15 is 0 Å². The Morgan fingerprint density at radius 2 is 2.12 bits per heavy atom. The molecule has 3 aromatic rings. The van der Waals surface area contributed by atoms with E-state index in [9.17, 15) is 0 Å². The van der Waals surface area contributed by atoms with E-state index in [1.807, 2.05) is 24.3 Å². The first-order valence-electron chi connectivity index (χ1n) is 5.22. The van der Waals surface area contributed by atoms with Crippen LogP contribution in [0.1, 0.15) is 0 Å². The molecule has 0 saturated heterocycles. The SMILES string of the molecule is CNc1ncnnc1-c1coc2ccccc12. The third-order valence-electron chi connectivity index (χ3n) is 2.59. The standard InChI is InChI=1S/C12H10N4O/c1-13-12-11(16-15-7-14-12)9-6-17-10-5-3-2-4-8(9)10/h2-7H,1H3,(H,13,14,15). The Labute approximate surface area is 97.5 Å². The lowest BCUT2D eigenvalue weighted by molar-refractivity contribution is 0.616. The summed E-state index contributed by atoms with van der Waals surface area (Å²) in [6.07, 6.45) is 3.09. The number of rotatable bonds is 2. The zero-order valence-electron chi connectivity index (χ0n) is 9.21. The molecule has 0 aliphatic heterocycles. The second-order valence-electron chi connectivity index (χ2n) is 3.55. The molecule has 1 aromatic carbocycles. The molecule has 3 rings (SSSR count). The first-order chi connectivity index (χ1) is 8.40. The van der Waals surface area contributed by atoms with Gasteiger partial charge in [0, 0.05) is 12.4 Å². The third kappa shape index (κ3) is 1.52. The van der Waals surface area contributed by atoms with E-state index in [0.717, 1.165) is 16.5 Å². The molecule has 2 aromatic heterocycles. The zero-order valence-corrected chi connectivity index (χ0v) is 9.21. The van der Waals surface area contributed by atoms with Gasteiger partial charge in [0.05, 0.1) is 5.56 Å². The number of hydrogen-bond acceptors (Lipinski definition) is 5. The minimum atomic E-state index is 0.687. The van der Waals surface area contributed by atoms with Crippen LogP contribution in [0.3, 0.4) is 0 Å². The smallest absolute Gasteiger partial charge is 0.156 e. The quantitative estimate of drug-likeness (QED) is 0.726. The number of benzene rings is 1. The number of anilines is 1. The highest BCUT2D eigenvalue weighted by atomic mass is 16.3. The molecule has 5 nitrogen and oxygen atoms in total. The van der Waals surface area contributed by atoms with Crippen LogP contribution in [0.4, 0.5) is 5.82 Å². The monoisotopic (exact) mass is 226 g/mol. The van der Waals surface area contributed by atoms with Gasteiger partial charge >= 0.3 is 0 Å². The summed E-state index contributed by atoms with van der Waals surface area (Å²) in [6, 6.07) is 7.80. The summed E-state index contributed by atoms with van der Waals surface area (Å²) >= 11 is 0. The lowest BCUT2D eigenvalue weighted by Gasteiger charge is -2.03. The van der Waals surface area contributed by atoms with Gasteiger partial charge in [-0.3, -0.25) is 0 Å². The van der Waals surface area contributed by atoms with Gasteiger partial charge in [-0.25, -0.2) is 4.98 Å². The molecular weight excluding hydrogens is 216 g/mol. The molecule has 2 heterocycles. The first-order valence-corrected chi connectivity index (χ1v) is 5.22. The molecule has 0 fully saturated rings. The van der Waals surface area contributed by atoms with Crippen molar-refractivity contribution in [3.05, 3.63) is 36.9 Å². The van der Waals surface area contributed by atoms with E-state index in [2.05, 4.69) is 20.5 Å². The molecule has 0 unspecified atom stereocenters. The molecule has 0 aliphatic carbocycles. The summed E-state index contributed by atoms with van der Waals surface area (Å²) in [5.74, 6) is 0.687. The van der Waals surface area contributed by atoms with Gasteiger partial charge < -0.3 is 9.73 Å². The van der Waals surface area contributed by atoms with Crippen LogP contribution in [0.5, 0.6) is 0 Å². The van der Waals surface area contributed by atoms with Gasteiger partial charge in [0.25, 0.3) is 0 Å². The molecule has 0 bridgehead atoms. The molecular formula is C12H10N4O. The van der Waals surface area contributed by atoms with E-state index in [1.165, 1.54) is 6.33 Å². The number of hydrogen-bond donors (Lipinski definition) is 1. The molecule has 0 aliphatic rings. The van der Waals surface area contributed by atoms with E-state index in [0.29, 0.717) is 11.5 Å². The maximum absolute atomic E-state index is 5.48. The van der Waals surface area contributed by atoms with Crippen LogP contribution >= 0.6 is 0 Å². The first kappa shape index (κ1) is 9.77. The second kappa shape index (κ2) is 3.86. The average Bonchev–Trinajstić information content (AvgIpc) is 2.82. The Bertz CT molecular complexity index is 662. The lowest BCUT2D eigenvalue weighted by atomic mass is 10.1.